The minimum absolute atomic E-state index is 0.730. The largest absolute Gasteiger partial charge is 0.480 e. The van der Waals surface area contributed by atoms with E-state index in [4.69, 9.17) is 0 Å². The molecule has 0 saturated heterocycles. The Bertz CT molecular complexity index is 621. The van der Waals surface area contributed by atoms with E-state index in [-0.39, 0.29) is 0 Å². The number of carboxylic acid groups (broad SMARTS) is 1. The number of benzene rings is 2. The first-order valence-electron chi connectivity index (χ1n) is 5.82. The van der Waals surface area contributed by atoms with Crippen molar-refractivity contribution in [3.05, 3.63) is 59.7 Å². The van der Waals surface area contributed by atoms with E-state index < -0.39 is 15.1 Å². The van der Waals surface area contributed by atoms with Gasteiger partial charge in [-0.25, -0.2) is 0 Å². The van der Waals surface area contributed by atoms with Gasteiger partial charge < -0.3 is 5.11 Å². The summed E-state index contributed by atoms with van der Waals surface area (Å²) in [5.41, 5.74) is 4.14. The highest BCUT2D eigenvalue weighted by atomic mass is 79.9. The predicted molar refractivity (Wildman–Crippen MR) is 81.9 cm³/mol. The fourth-order valence-corrected chi connectivity index (χ4v) is 4.04. The highest BCUT2D eigenvalue weighted by molar-refractivity contribution is 9.12. The van der Waals surface area contributed by atoms with Gasteiger partial charge in [-0.15, -0.1) is 0 Å². The molecule has 4 heteroatoms. The molecule has 96 valence electrons. The lowest BCUT2D eigenvalue weighted by Crippen LogP contribution is -2.34. The molecule has 0 aromatic heterocycles. The first-order chi connectivity index (χ1) is 9.06. The van der Waals surface area contributed by atoms with Crippen LogP contribution in [0.3, 0.4) is 0 Å². The van der Waals surface area contributed by atoms with Crippen molar-refractivity contribution >= 4 is 37.8 Å². The second kappa shape index (κ2) is 4.46. The lowest BCUT2D eigenvalue weighted by molar-refractivity contribution is -0.136. The number of alkyl halides is 2. The molecule has 0 fully saturated rings. The molecular formula is C15H10Br2O2. The number of aliphatic carboxylic acids is 1. The second-order valence-corrected chi connectivity index (χ2v) is 6.67. The van der Waals surface area contributed by atoms with Crippen LogP contribution in [0.15, 0.2) is 48.5 Å². The Morgan fingerprint density at radius 2 is 1.42 bits per heavy atom. The van der Waals surface area contributed by atoms with Gasteiger partial charge in [0.25, 0.3) is 0 Å². The van der Waals surface area contributed by atoms with E-state index in [0.29, 0.717) is 0 Å². The molecule has 1 atom stereocenters. The van der Waals surface area contributed by atoms with Gasteiger partial charge in [0.15, 0.2) is 0 Å². The lowest BCUT2D eigenvalue weighted by atomic mass is 9.93. The molecule has 2 nitrogen and oxygen atoms in total. The normalized spacial score (nSPS) is 16.5. The number of hydrogen-bond donors (Lipinski definition) is 1. The molecule has 0 heterocycles. The summed E-state index contributed by atoms with van der Waals surface area (Å²) in [6.45, 7) is 0. The molecule has 2 aromatic carbocycles. The topological polar surface area (TPSA) is 37.3 Å². The summed E-state index contributed by atoms with van der Waals surface area (Å²) in [6, 6.07) is 15.8. The number of rotatable bonds is 2. The predicted octanol–water partition coefficient (Wildman–Crippen LogP) is 4.15. The first kappa shape index (κ1) is 12.9. The lowest BCUT2D eigenvalue weighted by Gasteiger charge is -2.27. The van der Waals surface area contributed by atoms with Crippen LogP contribution in [-0.2, 0) is 9.12 Å². The van der Waals surface area contributed by atoms with Crippen LogP contribution >= 0.6 is 31.9 Å². The van der Waals surface area contributed by atoms with Crippen LogP contribution in [0.4, 0.5) is 0 Å². The van der Waals surface area contributed by atoms with Crippen LogP contribution in [0.25, 0.3) is 11.1 Å². The highest BCUT2D eigenvalue weighted by Gasteiger charge is 2.48. The standard InChI is InChI=1S/C15H10Br2O2/c16-13(14(18)19)15(17)11-7-3-1-5-9(11)10-6-2-4-8-12(10)15/h1-8,13H,(H,18,19)/t13-/m1/s1. The van der Waals surface area contributed by atoms with Gasteiger partial charge in [-0.3, -0.25) is 4.79 Å². The molecule has 3 rings (SSSR count). The summed E-state index contributed by atoms with van der Waals surface area (Å²) in [4.78, 5) is 10.7. The molecule has 1 aliphatic carbocycles. The van der Waals surface area contributed by atoms with E-state index in [1.165, 1.54) is 0 Å². The zero-order valence-corrected chi connectivity index (χ0v) is 13.0. The molecule has 0 saturated carbocycles. The quantitative estimate of drug-likeness (QED) is 0.793. The van der Waals surface area contributed by atoms with E-state index in [2.05, 4.69) is 31.9 Å². The van der Waals surface area contributed by atoms with Gasteiger partial charge in [0.05, 0.1) is 4.32 Å². The summed E-state index contributed by atoms with van der Waals surface area (Å²) < 4.78 is -0.730. The van der Waals surface area contributed by atoms with Crippen molar-refractivity contribution < 1.29 is 9.90 Å². The zero-order valence-electron chi connectivity index (χ0n) is 9.81. The third-order valence-electron chi connectivity index (χ3n) is 3.49. The minimum Gasteiger partial charge on any atom is -0.480 e. The summed E-state index contributed by atoms with van der Waals surface area (Å²) in [5.74, 6) is -0.886. The van der Waals surface area contributed by atoms with Crippen LogP contribution in [0.1, 0.15) is 11.1 Å². The Labute approximate surface area is 127 Å². The van der Waals surface area contributed by atoms with Gasteiger partial charge in [-0.05, 0) is 22.3 Å². The maximum atomic E-state index is 11.4. The molecular weight excluding hydrogens is 372 g/mol. The second-order valence-electron chi connectivity index (χ2n) is 4.50. The average Bonchev–Trinajstić information content (AvgIpc) is 2.70. The summed E-state index contributed by atoms with van der Waals surface area (Å²) in [5, 5.41) is 9.38. The monoisotopic (exact) mass is 380 g/mol. The number of halogens is 2. The Morgan fingerprint density at radius 1 is 1.00 bits per heavy atom. The van der Waals surface area contributed by atoms with Crippen molar-refractivity contribution in [1.29, 1.82) is 0 Å². The zero-order chi connectivity index (χ0) is 13.6. The summed E-state index contributed by atoms with van der Waals surface area (Å²) >= 11 is 7.00. The number of carboxylic acids is 1. The maximum Gasteiger partial charge on any atom is 0.319 e. The highest BCUT2D eigenvalue weighted by Crippen LogP contribution is 2.56. The Morgan fingerprint density at radius 3 is 1.84 bits per heavy atom. The maximum absolute atomic E-state index is 11.4. The molecule has 0 aliphatic heterocycles. The molecule has 0 amide bonds. The SMILES string of the molecule is O=C(O)[C@@H](Br)C1(Br)c2ccccc2-c2ccccc21. The number of fused-ring (bicyclic) bond motifs is 3. The Balaban J connectivity index is 2.34. The molecule has 2 aromatic rings. The van der Waals surface area contributed by atoms with Gasteiger partial charge in [0, 0.05) is 0 Å². The smallest absolute Gasteiger partial charge is 0.319 e. The van der Waals surface area contributed by atoms with Gasteiger partial charge in [0.2, 0.25) is 0 Å². The first-order valence-corrected chi connectivity index (χ1v) is 7.53. The van der Waals surface area contributed by atoms with Crippen LogP contribution in [-0.4, -0.2) is 15.9 Å². The molecule has 0 radical (unpaired) electrons. The fourth-order valence-electron chi connectivity index (χ4n) is 2.66. The van der Waals surface area contributed by atoms with Crippen molar-refractivity contribution in [1.82, 2.24) is 0 Å². The fraction of sp³-hybridized carbons (Fsp3) is 0.133. The van der Waals surface area contributed by atoms with Gasteiger partial charge >= 0.3 is 5.97 Å². The molecule has 0 bridgehead atoms. The third kappa shape index (κ3) is 1.70. The van der Waals surface area contributed by atoms with E-state index in [1.54, 1.807) is 0 Å². The minimum atomic E-state index is -0.886. The average molecular weight is 382 g/mol. The molecule has 0 spiro atoms. The van der Waals surface area contributed by atoms with Crippen LogP contribution in [0.5, 0.6) is 0 Å². The van der Waals surface area contributed by atoms with Crippen LogP contribution in [0.2, 0.25) is 0 Å². The Kier molecular flexibility index (Phi) is 3.02. The van der Waals surface area contributed by atoms with Crippen molar-refractivity contribution in [3.8, 4) is 11.1 Å². The van der Waals surface area contributed by atoms with E-state index in [9.17, 15) is 9.90 Å². The van der Waals surface area contributed by atoms with Crippen molar-refractivity contribution in [3.63, 3.8) is 0 Å². The van der Waals surface area contributed by atoms with Gasteiger partial charge in [-0.2, -0.15) is 0 Å². The van der Waals surface area contributed by atoms with Crippen LogP contribution in [0, 0.1) is 0 Å². The third-order valence-corrected chi connectivity index (χ3v) is 6.50. The van der Waals surface area contributed by atoms with E-state index >= 15 is 0 Å². The number of hydrogen-bond acceptors (Lipinski definition) is 1. The van der Waals surface area contributed by atoms with Crippen molar-refractivity contribution in [2.75, 3.05) is 0 Å². The van der Waals surface area contributed by atoms with E-state index in [0.717, 1.165) is 22.3 Å². The molecule has 1 aliphatic rings. The van der Waals surface area contributed by atoms with E-state index in [1.807, 2.05) is 48.5 Å². The summed E-state index contributed by atoms with van der Waals surface area (Å²) in [6.07, 6.45) is 0. The molecule has 1 N–H and O–H groups in total. The number of carbonyl (C=O) groups is 1. The van der Waals surface area contributed by atoms with Crippen LogP contribution < -0.4 is 0 Å². The summed E-state index contributed by atoms with van der Waals surface area (Å²) in [7, 11) is 0. The van der Waals surface area contributed by atoms with Crippen molar-refractivity contribution in [2.45, 2.75) is 9.15 Å². The molecule has 0 unspecified atom stereocenters. The van der Waals surface area contributed by atoms with Crippen molar-refractivity contribution in [2.24, 2.45) is 0 Å². The molecule has 19 heavy (non-hydrogen) atoms. The van der Waals surface area contributed by atoms with Gasteiger partial charge in [0.1, 0.15) is 4.83 Å². The van der Waals surface area contributed by atoms with Gasteiger partial charge in [-0.1, -0.05) is 80.4 Å². The Hall–Kier alpha value is -1.13.